The summed E-state index contributed by atoms with van der Waals surface area (Å²) in [5, 5.41) is 0. The number of fused-ring (bicyclic) bond motifs is 1. The Morgan fingerprint density at radius 3 is 2.96 bits per heavy atom. The summed E-state index contributed by atoms with van der Waals surface area (Å²) >= 11 is 0. The van der Waals surface area contributed by atoms with E-state index in [0.717, 1.165) is 23.2 Å². The first-order valence-electron chi connectivity index (χ1n) is 8.72. The summed E-state index contributed by atoms with van der Waals surface area (Å²) in [7, 11) is 0. The molecule has 2 N–H and O–H groups in total. The number of hydrogen-bond acceptors (Lipinski definition) is 6. The minimum absolute atomic E-state index is 0. The van der Waals surface area contributed by atoms with Gasteiger partial charge in [-0.2, -0.15) is 0 Å². The summed E-state index contributed by atoms with van der Waals surface area (Å²) in [5.74, 6) is 0.428. The maximum Gasteiger partial charge on any atom is 0.258 e. The third-order valence-electron chi connectivity index (χ3n) is 4.50. The van der Waals surface area contributed by atoms with Gasteiger partial charge in [0, 0.05) is 30.9 Å². The fraction of sp³-hybridized carbons (Fsp3) is 0.200. The van der Waals surface area contributed by atoms with E-state index in [1.165, 1.54) is 6.33 Å². The molecule has 3 aromatic rings. The van der Waals surface area contributed by atoms with Crippen molar-refractivity contribution in [2.45, 2.75) is 19.6 Å². The van der Waals surface area contributed by atoms with Crippen molar-refractivity contribution in [3.05, 3.63) is 77.5 Å². The Labute approximate surface area is 169 Å². The molecule has 1 aromatic carbocycles. The van der Waals surface area contributed by atoms with Crippen molar-refractivity contribution in [1.82, 2.24) is 15.0 Å². The molecule has 0 bridgehead atoms. The molecule has 0 radical (unpaired) electrons. The minimum Gasteiger partial charge on any atom is -0.473 e. The van der Waals surface area contributed by atoms with Gasteiger partial charge in [-0.1, -0.05) is 12.1 Å². The number of nitrogens with two attached hydrogens (primary N) is 1. The molecule has 1 aliphatic heterocycles. The monoisotopic (exact) mass is 397 g/mol. The van der Waals surface area contributed by atoms with Gasteiger partial charge >= 0.3 is 0 Å². The Morgan fingerprint density at radius 2 is 2.11 bits per heavy atom. The van der Waals surface area contributed by atoms with Crippen LogP contribution in [0.3, 0.4) is 0 Å². The van der Waals surface area contributed by atoms with Gasteiger partial charge in [-0.25, -0.2) is 9.97 Å². The Bertz CT molecular complexity index is 982. The number of ether oxygens (including phenoxy) is 1. The third kappa shape index (κ3) is 4.11. The lowest BCUT2D eigenvalue weighted by Crippen LogP contribution is -2.29. The average molecular weight is 398 g/mol. The summed E-state index contributed by atoms with van der Waals surface area (Å²) in [4.78, 5) is 27.0. The average Bonchev–Trinajstić information content (AvgIpc) is 3.16. The molecular formula is C20H20ClN5O2. The highest BCUT2D eigenvalue weighted by molar-refractivity contribution is 6.07. The normalized spacial score (nSPS) is 12.2. The molecule has 0 unspecified atom stereocenters. The molecule has 4 rings (SSSR count). The molecule has 1 aliphatic rings. The van der Waals surface area contributed by atoms with Crippen LogP contribution in [0.25, 0.3) is 0 Å². The van der Waals surface area contributed by atoms with E-state index < -0.39 is 0 Å². The molecule has 144 valence electrons. The molecule has 28 heavy (non-hydrogen) atoms. The number of carbonyl (C=O) groups excluding carboxylic acids is 1. The van der Waals surface area contributed by atoms with E-state index in [4.69, 9.17) is 10.5 Å². The Morgan fingerprint density at radius 1 is 1.21 bits per heavy atom. The Balaban J connectivity index is 0.00000225. The maximum absolute atomic E-state index is 12.9. The van der Waals surface area contributed by atoms with Gasteiger partial charge < -0.3 is 15.4 Å². The highest BCUT2D eigenvalue weighted by atomic mass is 35.5. The zero-order valence-electron chi connectivity index (χ0n) is 15.1. The van der Waals surface area contributed by atoms with E-state index in [-0.39, 0.29) is 18.3 Å². The van der Waals surface area contributed by atoms with E-state index in [2.05, 4.69) is 15.0 Å². The van der Waals surface area contributed by atoms with Crippen LogP contribution in [-0.4, -0.2) is 27.4 Å². The lowest BCUT2D eigenvalue weighted by molar-refractivity contribution is 0.0989. The lowest BCUT2D eigenvalue weighted by Gasteiger charge is -2.17. The van der Waals surface area contributed by atoms with Gasteiger partial charge in [0.15, 0.2) is 0 Å². The predicted octanol–water partition coefficient (Wildman–Crippen LogP) is 2.53. The van der Waals surface area contributed by atoms with Crippen molar-refractivity contribution in [2.75, 3.05) is 11.4 Å². The number of rotatable bonds is 5. The van der Waals surface area contributed by atoms with E-state index in [1.54, 1.807) is 23.4 Å². The zero-order chi connectivity index (χ0) is 18.6. The van der Waals surface area contributed by atoms with E-state index >= 15 is 0 Å². The van der Waals surface area contributed by atoms with Crippen molar-refractivity contribution in [1.29, 1.82) is 0 Å². The van der Waals surface area contributed by atoms with Crippen LogP contribution in [0.15, 0.2) is 55.1 Å². The summed E-state index contributed by atoms with van der Waals surface area (Å²) in [5.41, 5.74) is 9.84. The van der Waals surface area contributed by atoms with Crippen molar-refractivity contribution in [3.8, 4) is 5.88 Å². The molecule has 8 heteroatoms. The van der Waals surface area contributed by atoms with Gasteiger partial charge in [0.25, 0.3) is 5.91 Å². The number of anilines is 1. The van der Waals surface area contributed by atoms with Crippen LogP contribution in [0, 0.1) is 0 Å². The SMILES string of the molecule is Cl.NCc1cc(OCc2cccc(C(=O)N3CCc4ccncc43)c2)ncn1. The van der Waals surface area contributed by atoms with Crippen LogP contribution in [0.2, 0.25) is 0 Å². The number of amides is 1. The van der Waals surface area contributed by atoms with Crippen LogP contribution in [0.5, 0.6) is 5.88 Å². The third-order valence-corrected chi connectivity index (χ3v) is 4.50. The molecule has 0 aliphatic carbocycles. The van der Waals surface area contributed by atoms with Gasteiger partial charge in [-0.15, -0.1) is 12.4 Å². The van der Waals surface area contributed by atoms with Crippen molar-refractivity contribution >= 4 is 24.0 Å². The van der Waals surface area contributed by atoms with Crippen LogP contribution in [0.4, 0.5) is 5.69 Å². The zero-order valence-corrected chi connectivity index (χ0v) is 15.9. The van der Waals surface area contributed by atoms with Gasteiger partial charge in [-0.3, -0.25) is 9.78 Å². The second-order valence-corrected chi connectivity index (χ2v) is 6.25. The van der Waals surface area contributed by atoms with Crippen LogP contribution in [-0.2, 0) is 19.6 Å². The number of nitrogens with zero attached hydrogens (tertiary/aromatic N) is 4. The lowest BCUT2D eigenvalue weighted by atomic mass is 10.1. The minimum atomic E-state index is -0.0314. The number of carbonyl (C=O) groups is 1. The first kappa shape index (κ1) is 19.7. The second-order valence-electron chi connectivity index (χ2n) is 6.25. The molecular weight excluding hydrogens is 378 g/mol. The fourth-order valence-electron chi connectivity index (χ4n) is 3.11. The standard InChI is InChI=1S/C20H19N5O2.ClH/c21-10-17-9-19(24-13-23-17)27-12-14-2-1-3-16(8-14)20(26)25-7-5-15-4-6-22-11-18(15)25;/h1-4,6,8-9,11,13H,5,7,10,12,21H2;1H. The highest BCUT2D eigenvalue weighted by Gasteiger charge is 2.25. The topological polar surface area (TPSA) is 94.2 Å². The molecule has 1 amide bonds. The number of hydrogen-bond donors (Lipinski definition) is 1. The molecule has 0 saturated carbocycles. The first-order chi connectivity index (χ1) is 13.2. The summed E-state index contributed by atoms with van der Waals surface area (Å²) in [6, 6.07) is 11.1. The highest BCUT2D eigenvalue weighted by Crippen LogP contribution is 2.28. The second kappa shape index (κ2) is 8.77. The predicted molar refractivity (Wildman–Crippen MR) is 108 cm³/mol. The molecule has 0 saturated heterocycles. The van der Waals surface area contributed by atoms with Gasteiger partial charge in [0.1, 0.15) is 12.9 Å². The molecule has 7 nitrogen and oxygen atoms in total. The van der Waals surface area contributed by atoms with Gasteiger partial charge in [0.05, 0.1) is 17.6 Å². The van der Waals surface area contributed by atoms with E-state index in [0.29, 0.717) is 36.8 Å². The van der Waals surface area contributed by atoms with Crippen LogP contribution < -0.4 is 15.4 Å². The Kier molecular flexibility index (Phi) is 6.18. The summed E-state index contributed by atoms with van der Waals surface area (Å²) in [6.07, 6.45) is 5.78. The van der Waals surface area contributed by atoms with E-state index in [1.807, 2.05) is 30.3 Å². The van der Waals surface area contributed by atoms with Crippen molar-refractivity contribution < 1.29 is 9.53 Å². The number of halogens is 1. The van der Waals surface area contributed by atoms with E-state index in [9.17, 15) is 4.79 Å². The quantitative estimate of drug-likeness (QED) is 0.711. The number of aromatic nitrogens is 3. The summed E-state index contributed by atoms with van der Waals surface area (Å²) in [6.45, 7) is 1.30. The molecule has 0 spiro atoms. The van der Waals surface area contributed by atoms with Gasteiger partial charge in [0.2, 0.25) is 5.88 Å². The van der Waals surface area contributed by atoms with Crippen molar-refractivity contribution in [2.24, 2.45) is 5.73 Å². The largest absolute Gasteiger partial charge is 0.473 e. The van der Waals surface area contributed by atoms with Crippen molar-refractivity contribution in [3.63, 3.8) is 0 Å². The molecule has 3 heterocycles. The maximum atomic E-state index is 12.9. The first-order valence-corrected chi connectivity index (χ1v) is 8.72. The molecule has 2 aromatic heterocycles. The fourth-order valence-corrected chi connectivity index (χ4v) is 3.11. The Hall–Kier alpha value is -3.03. The molecule has 0 fully saturated rings. The smallest absolute Gasteiger partial charge is 0.258 e. The summed E-state index contributed by atoms with van der Waals surface area (Å²) < 4.78 is 5.71. The molecule has 0 atom stereocenters. The van der Waals surface area contributed by atoms with Crippen LogP contribution in [0.1, 0.15) is 27.2 Å². The number of benzene rings is 1. The van der Waals surface area contributed by atoms with Gasteiger partial charge in [-0.05, 0) is 35.7 Å². The van der Waals surface area contributed by atoms with Crippen LogP contribution >= 0.6 is 12.4 Å². The number of pyridine rings is 1.